The van der Waals surface area contributed by atoms with Crippen molar-refractivity contribution in [1.29, 1.82) is 0 Å². The van der Waals surface area contributed by atoms with Crippen LogP contribution in [0.3, 0.4) is 0 Å². The molecule has 2 unspecified atom stereocenters. The summed E-state index contributed by atoms with van der Waals surface area (Å²) in [5.41, 5.74) is 5.76. The molecule has 0 aromatic heterocycles. The Morgan fingerprint density at radius 1 is 1.33 bits per heavy atom. The molecule has 0 aliphatic heterocycles. The summed E-state index contributed by atoms with van der Waals surface area (Å²) in [7, 11) is 0. The average molecular weight is 214 g/mol. The smallest absolute Gasteiger partial charge is 0.0494 e. The second-order valence-electron chi connectivity index (χ2n) is 5.59. The van der Waals surface area contributed by atoms with Crippen molar-refractivity contribution in [3.05, 3.63) is 0 Å². The summed E-state index contributed by atoms with van der Waals surface area (Å²) in [4.78, 5) is 0. The second-order valence-corrected chi connectivity index (χ2v) is 5.59. The zero-order valence-electron chi connectivity index (χ0n) is 10.1. The van der Waals surface area contributed by atoms with Crippen molar-refractivity contribution in [3.63, 3.8) is 0 Å². The first-order valence-corrected chi connectivity index (χ1v) is 6.13. The molecule has 1 aliphatic rings. The molecule has 0 saturated heterocycles. The van der Waals surface area contributed by atoms with Crippen LogP contribution in [0.1, 0.15) is 39.5 Å². The SMILES string of the molecule is CC(C)(CO)CNC1CCCCC1CN. The third kappa shape index (κ3) is 4.09. The van der Waals surface area contributed by atoms with E-state index < -0.39 is 0 Å². The van der Waals surface area contributed by atoms with Gasteiger partial charge in [0, 0.05) is 24.6 Å². The largest absolute Gasteiger partial charge is 0.396 e. The Bertz CT molecular complexity index is 182. The van der Waals surface area contributed by atoms with Crippen LogP contribution in [0, 0.1) is 11.3 Å². The predicted molar refractivity (Wildman–Crippen MR) is 63.7 cm³/mol. The maximum atomic E-state index is 9.18. The van der Waals surface area contributed by atoms with E-state index in [0.717, 1.165) is 13.1 Å². The molecule has 1 fully saturated rings. The quantitative estimate of drug-likeness (QED) is 0.642. The first-order valence-electron chi connectivity index (χ1n) is 6.13. The Kier molecular flexibility index (Phi) is 5.03. The van der Waals surface area contributed by atoms with Crippen molar-refractivity contribution in [2.45, 2.75) is 45.6 Å². The van der Waals surface area contributed by atoms with Gasteiger partial charge in [0.15, 0.2) is 0 Å². The van der Waals surface area contributed by atoms with Crippen LogP contribution in [-0.2, 0) is 0 Å². The molecule has 0 spiro atoms. The van der Waals surface area contributed by atoms with Gasteiger partial charge in [0.05, 0.1) is 0 Å². The van der Waals surface area contributed by atoms with E-state index in [9.17, 15) is 5.11 Å². The first kappa shape index (κ1) is 12.9. The van der Waals surface area contributed by atoms with Crippen LogP contribution < -0.4 is 11.1 Å². The van der Waals surface area contributed by atoms with Crippen molar-refractivity contribution in [2.24, 2.45) is 17.1 Å². The molecule has 3 nitrogen and oxygen atoms in total. The Labute approximate surface area is 93.4 Å². The fourth-order valence-corrected chi connectivity index (χ4v) is 2.22. The molecule has 0 bridgehead atoms. The number of aliphatic hydroxyl groups excluding tert-OH is 1. The third-order valence-electron chi connectivity index (χ3n) is 3.48. The number of hydrogen-bond donors (Lipinski definition) is 3. The summed E-state index contributed by atoms with van der Waals surface area (Å²) in [6.07, 6.45) is 5.13. The molecule has 1 saturated carbocycles. The number of aliphatic hydroxyl groups is 1. The summed E-state index contributed by atoms with van der Waals surface area (Å²) in [6.45, 7) is 6.07. The number of hydrogen-bond acceptors (Lipinski definition) is 3. The van der Waals surface area contributed by atoms with Gasteiger partial charge >= 0.3 is 0 Å². The summed E-state index contributed by atoms with van der Waals surface area (Å²) >= 11 is 0. The summed E-state index contributed by atoms with van der Waals surface area (Å²) in [5.74, 6) is 0.633. The molecular weight excluding hydrogens is 188 g/mol. The summed E-state index contributed by atoms with van der Waals surface area (Å²) in [6, 6.07) is 0.564. The lowest BCUT2D eigenvalue weighted by atomic mass is 9.83. The van der Waals surface area contributed by atoms with E-state index in [1.165, 1.54) is 25.7 Å². The van der Waals surface area contributed by atoms with Gasteiger partial charge in [0.2, 0.25) is 0 Å². The van der Waals surface area contributed by atoms with E-state index in [1.807, 2.05) is 0 Å². The number of nitrogens with one attached hydrogen (secondary N) is 1. The summed E-state index contributed by atoms with van der Waals surface area (Å²) in [5, 5.41) is 12.8. The molecule has 0 amide bonds. The van der Waals surface area contributed by atoms with Gasteiger partial charge in [0.25, 0.3) is 0 Å². The van der Waals surface area contributed by atoms with E-state index in [2.05, 4.69) is 19.2 Å². The molecule has 4 N–H and O–H groups in total. The minimum atomic E-state index is -0.0173. The molecule has 0 aromatic rings. The standard InChI is InChI=1S/C12H26N2O/c1-12(2,9-15)8-14-11-6-4-3-5-10(11)7-13/h10-11,14-15H,3-9,13H2,1-2H3. The zero-order valence-corrected chi connectivity index (χ0v) is 10.1. The third-order valence-corrected chi connectivity index (χ3v) is 3.48. The lowest BCUT2D eigenvalue weighted by Gasteiger charge is -2.34. The molecule has 90 valence electrons. The van der Waals surface area contributed by atoms with Crippen LogP contribution in [0.5, 0.6) is 0 Å². The van der Waals surface area contributed by atoms with Gasteiger partial charge in [-0.1, -0.05) is 26.7 Å². The van der Waals surface area contributed by atoms with Crippen molar-refractivity contribution in [1.82, 2.24) is 5.32 Å². The highest BCUT2D eigenvalue weighted by Gasteiger charge is 2.25. The highest BCUT2D eigenvalue weighted by Crippen LogP contribution is 2.24. The van der Waals surface area contributed by atoms with E-state index in [4.69, 9.17) is 5.73 Å². The van der Waals surface area contributed by atoms with Crippen LogP contribution in [0.15, 0.2) is 0 Å². The maximum absolute atomic E-state index is 9.18. The van der Waals surface area contributed by atoms with Gasteiger partial charge in [-0.15, -0.1) is 0 Å². The van der Waals surface area contributed by atoms with Gasteiger partial charge < -0.3 is 16.2 Å². The minimum absolute atomic E-state index is 0.0173. The van der Waals surface area contributed by atoms with Gasteiger partial charge in [-0.25, -0.2) is 0 Å². The van der Waals surface area contributed by atoms with Crippen molar-refractivity contribution < 1.29 is 5.11 Å². The predicted octanol–water partition coefficient (Wildman–Crippen LogP) is 1.11. The lowest BCUT2D eigenvalue weighted by Crippen LogP contribution is -2.46. The minimum Gasteiger partial charge on any atom is -0.396 e. The molecule has 2 atom stereocenters. The lowest BCUT2D eigenvalue weighted by molar-refractivity contribution is 0.143. The molecule has 1 aliphatic carbocycles. The summed E-state index contributed by atoms with van der Waals surface area (Å²) < 4.78 is 0. The number of rotatable bonds is 5. The van der Waals surface area contributed by atoms with Crippen LogP contribution in [0.4, 0.5) is 0 Å². The molecule has 1 rings (SSSR count). The van der Waals surface area contributed by atoms with Gasteiger partial charge in [-0.05, 0) is 25.3 Å². The van der Waals surface area contributed by atoms with Crippen LogP contribution >= 0.6 is 0 Å². The molecule has 0 heterocycles. The van der Waals surface area contributed by atoms with Crippen molar-refractivity contribution in [2.75, 3.05) is 19.7 Å². The molecule has 0 aromatic carbocycles. The normalized spacial score (nSPS) is 28.0. The molecule has 15 heavy (non-hydrogen) atoms. The van der Waals surface area contributed by atoms with Crippen molar-refractivity contribution >= 4 is 0 Å². The first-order chi connectivity index (χ1) is 7.09. The highest BCUT2D eigenvalue weighted by atomic mass is 16.3. The zero-order chi connectivity index (χ0) is 11.3. The van der Waals surface area contributed by atoms with E-state index in [-0.39, 0.29) is 12.0 Å². The Balaban J connectivity index is 2.35. The van der Waals surface area contributed by atoms with E-state index in [0.29, 0.717) is 12.0 Å². The monoisotopic (exact) mass is 214 g/mol. The molecule has 3 heteroatoms. The van der Waals surface area contributed by atoms with Crippen LogP contribution in [0.25, 0.3) is 0 Å². The topological polar surface area (TPSA) is 58.3 Å². The fourth-order valence-electron chi connectivity index (χ4n) is 2.22. The second kappa shape index (κ2) is 5.83. The molecular formula is C12H26N2O. The van der Waals surface area contributed by atoms with Crippen molar-refractivity contribution in [3.8, 4) is 0 Å². The highest BCUT2D eigenvalue weighted by molar-refractivity contribution is 4.83. The van der Waals surface area contributed by atoms with Crippen LogP contribution in [0.2, 0.25) is 0 Å². The average Bonchev–Trinajstić information content (AvgIpc) is 2.27. The van der Waals surface area contributed by atoms with E-state index >= 15 is 0 Å². The Morgan fingerprint density at radius 2 is 2.00 bits per heavy atom. The van der Waals surface area contributed by atoms with E-state index in [1.54, 1.807) is 0 Å². The van der Waals surface area contributed by atoms with Gasteiger partial charge in [-0.2, -0.15) is 0 Å². The Hall–Kier alpha value is -0.120. The van der Waals surface area contributed by atoms with Gasteiger partial charge in [-0.3, -0.25) is 0 Å². The van der Waals surface area contributed by atoms with Crippen LogP contribution in [-0.4, -0.2) is 30.8 Å². The Morgan fingerprint density at radius 3 is 2.60 bits per heavy atom. The van der Waals surface area contributed by atoms with Gasteiger partial charge in [0.1, 0.15) is 0 Å². The fraction of sp³-hybridized carbons (Fsp3) is 1.00. The maximum Gasteiger partial charge on any atom is 0.0494 e. The number of nitrogens with two attached hydrogens (primary N) is 1. The molecule has 0 radical (unpaired) electrons.